The van der Waals surface area contributed by atoms with Gasteiger partial charge < -0.3 is 18.9 Å². The van der Waals surface area contributed by atoms with Gasteiger partial charge in [0.05, 0.1) is 5.92 Å². The first-order chi connectivity index (χ1) is 13.2. The van der Waals surface area contributed by atoms with E-state index in [4.69, 9.17) is 18.9 Å². The first-order valence-corrected chi connectivity index (χ1v) is 11.2. The summed E-state index contributed by atoms with van der Waals surface area (Å²) in [6, 6.07) is 10.6. The van der Waals surface area contributed by atoms with Gasteiger partial charge in [-0.2, -0.15) is 0 Å². The van der Waals surface area contributed by atoms with Crippen molar-refractivity contribution in [3.8, 4) is 0 Å². The van der Waals surface area contributed by atoms with Crippen LogP contribution in [0.5, 0.6) is 0 Å². The van der Waals surface area contributed by atoms with E-state index in [2.05, 4.69) is 47.9 Å². The second-order valence-corrected chi connectivity index (χ2v) is 9.30. The van der Waals surface area contributed by atoms with Crippen molar-refractivity contribution in [3.63, 3.8) is 0 Å². The molecule has 2 heterocycles. The van der Waals surface area contributed by atoms with E-state index in [1.807, 2.05) is 11.8 Å². The number of nitrogens with zero attached hydrogens (tertiary/aromatic N) is 1. The van der Waals surface area contributed by atoms with Gasteiger partial charge in [0.25, 0.3) is 0 Å². The predicted molar refractivity (Wildman–Crippen MR) is 113 cm³/mol. The van der Waals surface area contributed by atoms with Gasteiger partial charge in [0.2, 0.25) is 4.71 Å². The monoisotopic (exact) mass is 414 g/mol. The summed E-state index contributed by atoms with van der Waals surface area (Å²) in [7, 11) is 3.36. The Morgan fingerprint density at radius 1 is 1.07 bits per heavy atom. The zero-order chi connectivity index (χ0) is 19.1. The molecule has 2 aliphatic heterocycles. The second kappa shape index (κ2) is 11.0. The second-order valence-electron chi connectivity index (χ2n) is 7.04. The van der Waals surface area contributed by atoms with E-state index < -0.39 is 0 Å². The van der Waals surface area contributed by atoms with Crippen molar-refractivity contribution in [1.29, 1.82) is 0 Å². The van der Waals surface area contributed by atoms with Crippen LogP contribution in [-0.2, 0) is 31.6 Å². The molecule has 0 aromatic heterocycles. The van der Waals surface area contributed by atoms with Gasteiger partial charge in [0, 0.05) is 32.6 Å². The van der Waals surface area contributed by atoms with E-state index in [9.17, 15) is 0 Å². The molecular formula is C20H32NO4S2+. The van der Waals surface area contributed by atoms with E-state index >= 15 is 0 Å². The number of likely N-dealkylation sites (tertiary alicyclic amines) is 1. The molecule has 0 bridgehead atoms. The highest BCUT2D eigenvalue weighted by Gasteiger charge is 2.39. The molecule has 1 aromatic carbocycles. The summed E-state index contributed by atoms with van der Waals surface area (Å²) >= 11 is 5.93. The minimum Gasteiger partial charge on any atom is -0.355 e. The average Bonchev–Trinajstić information content (AvgIpc) is 2.74. The van der Waals surface area contributed by atoms with Crippen LogP contribution in [0.4, 0.5) is 0 Å². The smallest absolute Gasteiger partial charge is 0.215 e. The van der Waals surface area contributed by atoms with Crippen LogP contribution in [0.3, 0.4) is 0 Å². The Morgan fingerprint density at radius 3 is 2.30 bits per heavy atom. The summed E-state index contributed by atoms with van der Waals surface area (Å²) in [4.78, 5) is 2.52. The maximum Gasteiger partial charge on any atom is 0.215 e. The predicted octanol–water partition coefficient (Wildman–Crippen LogP) is 3.20. The summed E-state index contributed by atoms with van der Waals surface area (Å²) in [5, 5.41) is 0.279. The summed E-state index contributed by atoms with van der Waals surface area (Å²) in [5.74, 6) is 0.00618. The van der Waals surface area contributed by atoms with Crippen LogP contribution in [0.25, 0.3) is 0 Å². The van der Waals surface area contributed by atoms with Gasteiger partial charge in [-0.05, 0) is 37.5 Å². The Morgan fingerprint density at radius 2 is 1.70 bits per heavy atom. The molecule has 7 heteroatoms. The molecule has 0 aliphatic carbocycles. The first kappa shape index (κ1) is 21.4. The number of hydrogen-bond acceptors (Lipinski definition) is 6. The Balaban J connectivity index is 1.74. The molecule has 2 fully saturated rings. The molecular weight excluding hydrogens is 382 g/mol. The Labute approximate surface area is 172 Å². The molecule has 2 saturated heterocycles. The molecule has 3 rings (SSSR count). The van der Waals surface area contributed by atoms with Gasteiger partial charge in [0.1, 0.15) is 0 Å². The normalized spacial score (nSPS) is 29.4. The molecule has 0 N–H and O–H groups in total. The first-order valence-electron chi connectivity index (χ1n) is 9.67. The molecule has 27 heavy (non-hydrogen) atoms. The highest BCUT2D eigenvalue weighted by molar-refractivity contribution is 8.06. The van der Waals surface area contributed by atoms with Gasteiger partial charge in [-0.3, -0.25) is 0 Å². The molecule has 0 spiro atoms. The van der Waals surface area contributed by atoms with Crippen molar-refractivity contribution in [2.45, 2.75) is 48.2 Å². The van der Waals surface area contributed by atoms with Crippen molar-refractivity contribution in [2.75, 3.05) is 34.1 Å². The van der Waals surface area contributed by atoms with Crippen molar-refractivity contribution >= 4 is 24.4 Å². The third-order valence-corrected chi connectivity index (χ3v) is 7.42. The Kier molecular flexibility index (Phi) is 8.77. The number of piperidine rings is 1. The fourth-order valence-electron chi connectivity index (χ4n) is 3.84. The van der Waals surface area contributed by atoms with Crippen LogP contribution >= 0.6 is 11.8 Å². The van der Waals surface area contributed by atoms with E-state index in [-0.39, 0.29) is 35.2 Å². The lowest BCUT2D eigenvalue weighted by Gasteiger charge is -2.38. The molecule has 0 saturated carbocycles. The molecule has 1 aromatic rings. The molecule has 2 aliphatic rings. The van der Waals surface area contributed by atoms with Gasteiger partial charge in [-0.1, -0.05) is 48.5 Å². The van der Waals surface area contributed by atoms with Crippen LogP contribution in [0, 0.1) is 5.92 Å². The van der Waals surface area contributed by atoms with Crippen LogP contribution in [0.1, 0.15) is 36.5 Å². The molecule has 5 nitrogen and oxygen atoms in total. The third kappa shape index (κ3) is 5.85. The van der Waals surface area contributed by atoms with Crippen molar-refractivity contribution in [3.05, 3.63) is 35.9 Å². The van der Waals surface area contributed by atoms with Crippen LogP contribution in [0.2, 0.25) is 0 Å². The van der Waals surface area contributed by atoms with E-state index in [1.165, 1.54) is 24.8 Å². The number of benzene rings is 1. The maximum atomic E-state index is 5.67. The number of thioether (sulfide) groups is 1. The van der Waals surface area contributed by atoms with Crippen molar-refractivity contribution < 1.29 is 18.9 Å². The van der Waals surface area contributed by atoms with Crippen LogP contribution in [-0.4, -0.2) is 56.3 Å². The van der Waals surface area contributed by atoms with E-state index in [0.717, 1.165) is 19.5 Å². The molecule has 0 amide bonds. The SMILES string of the molecule is COC1OCOC(OC)C1CC(SC([SH2+])N1CCCCC1)c1ccccc1. The number of methoxy groups -OCH3 is 2. The minimum atomic E-state index is -0.321. The number of hydrogen-bond donors (Lipinski definition) is 0. The van der Waals surface area contributed by atoms with Gasteiger partial charge in [-0.25, -0.2) is 4.90 Å². The van der Waals surface area contributed by atoms with Crippen LogP contribution in [0.15, 0.2) is 30.3 Å². The molecule has 0 radical (unpaired) electrons. The average molecular weight is 415 g/mol. The van der Waals surface area contributed by atoms with Gasteiger partial charge in [0.15, 0.2) is 19.4 Å². The van der Waals surface area contributed by atoms with E-state index in [1.54, 1.807) is 14.2 Å². The van der Waals surface area contributed by atoms with Crippen molar-refractivity contribution in [1.82, 2.24) is 4.90 Å². The lowest BCUT2D eigenvalue weighted by atomic mass is 9.97. The minimum absolute atomic E-state index is 0.00618. The van der Waals surface area contributed by atoms with Gasteiger partial charge >= 0.3 is 0 Å². The fraction of sp³-hybridized carbons (Fsp3) is 0.700. The summed E-state index contributed by atoms with van der Waals surface area (Å²) in [6.45, 7) is 2.50. The maximum absolute atomic E-state index is 5.67. The van der Waals surface area contributed by atoms with Crippen molar-refractivity contribution in [2.24, 2.45) is 5.92 Å². The number of rotatable bonds is 8. The lowest BCUT2D eigenvalue weighted by Crippen LogP contribution is -2.44. The fourth-order valence-corrected chi connectivity index (χ4v) is 5.93. The molecule has 4 unspecified atom stereocenters. The molecule has 152 valence electrons. The Hall–Kier alpha value is -0.280. The topological polar surface area (TPSA) is 40.2 Å². The number of ether oxygens (including phenoxy) is 4. The third-order valence-electron chi connectivity index (χ3n) is 5.30. The molecule has 4 atom stereocenters. The lowest BCUT2D eigenvalue weighted by molar-refractivity contribution is -0.331. The summed E-state index contributed by atoms with van der Waals surface area (Å²) in [6.07, 6.45) is 4.10. The zero-order valence-corrected chi connectivity index (χ0v) is 18.0. The van der Waals surface area contributed by atoms with E-state index in [0.29, 0.717) is 0 Å². The van der Waals surface area contributed by atoms with Gasteiger partial charge in [-0.15, -0.1) is 0 Å². The highest BCUT2D eigenvalue weighted by atomic mass is 32.2. The van der Waals surface area contributed by atoms with Crippen LogP contribution < -0.4 is 0 Å². The Bertz CT molecular complexity index is 532. The standard InChI is InChI=1S/C20H31NO4S2/c1-22-18-16(19(23-2)25-14-24-18)13-17(15-9-5-3-6-10-15)27-20(26)21-11-7-4-8-12-21/h3,5-6,9-10,16-20,26H,4,7-8,11-14H2,1-2H3/p+1. The highest BCUT2D eigenvalue weighted by Crippen LogP contribution is 2.42. The summed E-state index contributed by atoms with van der Waals surface area (Å²) < 4.78 is 22.8. The largest absolute Gasteiger partial charge is 0.355 e. The summed E-state index contributed by atoms with van der Waals surface area (Å²) in [5.41, 5.74) is 1.30. The zero-order valence-electron chi connectivity index (χ0n) is 16.2. The quantitative estimate of drug-likeness (QED) is 0.609.